The molecule has 4 nitrogen and oxygen atoms in total. The van der Waals surface area contributed by atoms with Crippen molar-refractivity contribution in [3.05, 3.63) is 70.5 Å². The number of rotatable bonds is 5. The van der Waals surface area contributed by atoms with Crippen molar-refractivity contribution < 1.29 is 9.49 Å². The Balaban J connectivity index is 1.96. The molecule has 2 aromatic rings. The molecular weight excluding hydrogens is 272 g/mol. The van der Waals surface area contributed by atoms with Gasteiger partial charge in [-0.25, -0.2) is 4.57 Å². The minimum atomic E-state index is -0.392. The molecule has 0 atom stereocenters. The molecule has 0 aliphatic heterocycles. The van der Waals surface area contributed by atoms with Crippen LogP contribution < -0.4 is 4.57 Å². The molecule has 0 radical (unpaired) electrons. The summed E-state index contributed by atoms with van der Waals surface area (Å²) in [5.74, 6) is 0. The first-order valence-electron chi connectivity index (χ1n) is 6.13. The van der Waals surface area contributed by atoms with Crippen LogP contribution in [0.2, 0.25) is 0 Å². The van der Waals surface area contributed by atoms with Crippen molar-refractivity contribution in [2.45, 2.75) is 11.4 Å². The highest BCUT2D eigenvalue weighted by atomic mass is 32.2. The first-order valence-corrected chi connectivity index (χ1v) is 7.35. The first-order chi connectivity index (χ1) is 9.69. The van der Waals surface area contributed by atoms with Gasteiger partial charge in [-0.05, 0) is 30.0 Å². The van der Waals surface area contributed by atoms with Crippen molar-refractivity contribution in [2.75, 3.05) is 6.26 Å². The lowest BCUT2D eigenvalue weighted by Gasteiger charge is -1.95. The van der Waals surface area contributed by atoms with Gasteiger partial charge in [0.15, 0.2) is 18.9 Å². The number of thioether (sulfide) groups is 1. The zero-order valence-corrected chi connectivity index (χ0v) is 11.9. The molecule has 0 fully saturated rings. The standard InChI is InChI=1S/C15H15N2O2S/c1-20-15-8-11-16(12-9-15)10-2-3-13-4-6-14(7-5-13)17(18)19/h2-9,11-12H,10H2,1H3/q+1/b3-2+. The Hall–Kier alpha value is -2.14. The summed E-state index contributed by atoms with van der Waals surface area (Å²) in [6.45, 7) is 0.769. The fraction of sp³-hybridized carbons (Fsp3) is 0.133. The number of pyridine rings is 1. The van der Waals surface area contributed by atoms with Crippen molar-refractivity contribution in [3.8, 4) is 0 Å². The van der Waals surface area contributed by atoms with E-state index in [2.05, 4.69) is 16.7 Å². The van der Waals surface area contributed by atoms with Gasteiger partial charge in [-0.3, -0.25) is 10.1 Å². The van der Waals surface area contributed by atoms with E-state index in [4.69, 9.17) is 0 Å². The van der Waals surface area contributed by atoms with Gasteiger partial charge in [0.2, 0.25) is 0 Å². The molecule has 1 aromatic heterocycles. The van der Waals surface area contributed by atoms with Crippen LogP contribution in [0.5, 0.6) is 0 Å². The molecule has 1 aromatic carbocycles. The van der Waals surface area contributed by atoms with E-state index in [1.807, 2.05) is 30.8 Å². The van der Waals surface area contributed by atoms with Gasteiger partial charge in [0.1, 0.15) is 0 Å². The zero-order chi connectivity index (χ0) is 14.4. The second kappa shape index (κ2) is 6.86. The lowest BCUT2D eigenvalue weighted by Crippen LogP contribution is -2.31. The van der Waals surface area contributed by atoms with Gasteiger partial charge in [-0.2, -0.15) is 0 Å². The zero-order valence-electron chi connectivity index (χ0n) is 11.1. The maximum atomic E-state index is 10.5. The molecular formula is C15H15N2O2S+. The maximum Gasteiger partial charge on any atom is 0.269 e. The van der Waals surface area contributed by atoms with E-state index < -0.39 is 4.92 Å². The highest BCUT2D eigenvalue weighted by molar-refractivity contribution is 7.98. The maximum absolute atomic E-state index is 10.5. The number of hydrogen-bond acceptors (Lipinski definition) is 3. The quantitative estimate of drug-likeness (QED) is 0.367. The molecule has 20 heavy (non-hydrogen) atoms. The van der Waals surface area contributed by atoms with E-state index >= 15 is 0 Å². The van der Waals surface area contributed by atoms with Gasteiger partial charge in [-0.1, -0.05) is 6.08 Å². The van der Waals surface area contributed by atoms with Crippen LogP contribution in [0.3, 0.4) is 0 Å². The molecule has 1 heterocycles. The largest absolute Gasteiger partial charge is 0.269 e. The fourth-order valence-corrected chi connectivity index (χ4v) is 2.11. The molecule has 102 valence electrons. The van der Waals surface area contributed by atoms with Crippen LogP contribution >= 0.6 is 11.8 Å². The summed E-state index contributed by atoms with van der Waals surface area (Å²) in [6.07, 6.45) is 10.1. The topological polar surface area (TPSA) is 47.0 Å². The fourth-order valence-electron chi connectivity index (χ4n) is 1.72. The lowest BCUT2D eigenvalue weighted by atomic mass is 10.2. The van der Waals surface area contributed by atoms with E-state index in [-0.39, 0.29) is 5.69 Å². The average Bonchev–Trinajstić information content (AvgIpc) is 2.48. The summed E-state index contributed by atoms with van der Waals surface area (Å²) in [6, 6.07) is 10.7. The van der Waals surface area contributed by atoms with Gasteiger partial charge in [-0.15, -0.1) is 11.8 Å². The number of hydrogen-bond donors (Lipinski definition) is 0. The molecule has 0 bridgehead atoms. The van der Waals surface area contributed by atoms with Crippen LogP contribution in [0.4, 0.5) is 5.69 Å². The number of non-ortho nitro benzene ring substituents is 1. The van der Waals surface area contributed by atoms with E-state index in [0.29, 0.717) is 0 Å². The number of nitro benzene ring substituents is 1. The summed E-state index contributed by atoms with van der Waals surface area (Å²) in [5, 5.41) is 10.5. The van der Waals surface area contributed by atoms with E-state index in [1.54, 1.807) is 23.9 Å². The average molecular weight is 287 g/mol. The van der Waals surface area contributed by atoms with Crippen LogP contribution in [0.25, 0.3) is 6.08 Å². The molecule has 2 rings (SSSR count). The second-order valence-electron chi connectivity index (χ2n) is 4.19. The minimum Gasteiger partial charge on any atom is -0.258 e. The van der Waals surface area contributed by atoms with Crippen molar-refractivity contribution in [2.24, 2.45) is 0 Å². The van der Waals surface area contributed by atoms with Gasteiger partial charge in [0.05, 0.1) is 4.92 Å². The Morgan fingerprint density at radius 3 is 2.40 bits per heavy atom. The predicted octanol–water partition coefficient (Wildman–Crippen LogP) is 3.32. The van der Waals surface area contributed by atoms with Gasteiger partial charge < -0.3 is 0 Å². The Morgan fingerprint density at radius 1 is 1.20 bits per heavy atom. The smallest absolute Gasteiger partial charge is 0.258 e. The summed E-state index contributed by atoms with van der Waals surface area (Å²) in [7, 11) is 0. The summed E-state index contributed by atoms with van der Waals surface area (Å²) >= 11 is 1.72. The lowest BCUT2D eigenvalue weighted by molar-refractivity contribution is -0.687. The molecule has 0 saturated carbocycles. The highest BCUT2D eigenvalue weighted by Gasteiger charge is 2.02. The third-order valence-electron chi connectivity index (χ3n) is 2.83. The Bertz CT molecular complexity index is 607. The molecule has 0 amide bonds. The van der Waals surface area contributed by atoms with Crippen LogP contribution in [0.1, 0.15) is 5.56 Å². The number of benzene rings is 1. The van der Waals surface area contributed by atoms with Crippen LogP contribution in [-0.2, 0) is 6.54 Å². The van der Waals surface area contributed by atoms with Crippen molar-refractivity contribution >= 4 is 23.5 Å². The first kappa shape index (κ1) is 14.3. The molecule has 0 N–H and O–H groups in total. The van der Waals surface area contributed by atoms with Gasteiger partial charge >= 0.3 is 0 Å². The molecule has 0 unspecified atom stereocenters. The van der Waals surface area contributed by atoms with E-state index in [1.165, 1.54) is 17.0 Å². The normalized spacial score (nSPS) is 10.8. The molecule has 0 saturated heterocycles. The highest BCUT2D eigenvalue weighted by Crippen LogP contribution is 2.13. The second-order valence-corrected chi connectivity index (χ2v) is 5.07. The van der Waals surface area contributed by atoms with Crippen molar-refractivity contribution in [1.29, 1.82) is 0 Å². The molecule has 0 aliphatic rings. The molecule has 0 aliphatic carbocycles. The number of nitro groups is 1. The van der Waals surface area contributed by atoms with E-state index in [0.717, 1.165) is 12.1 Å². The van der Waals surface area contributed by atoms with Crippen LogP contribution in [0, 0.1) is 10.1 Å². The van der Waals surface area contributed by atoms with Gasteiger partial charge in [0, 0.05) is 29.2 Å². The monoisotopic (exact) mass is 287 g/mol. The van der Waals surface area contributed by atoms with Crippen molar-refractivity contribution in [3.63, 3.8) is 0 Å². The third kappa shape index (κ3) is 3.93. The minimum absolute atomic E-state index is 0.115. The number of nitrogens with zero attached hydrogens (tertiary/aromatic N) is 2. The predicted molar refractivity (Wildman–Crippen MR) is 80.5 cm³/mol. The Labute approximate surface area is 121 Å². The summed E-state index contributed by atoms with van der Waals surface area (Å²) in [5.41, 5.74) is 1.07. The van der Waals surface area contributed by atoms with Crippen LogP contribution in [0.15, 0.2) is 59.8 Å². The van der Waals surface area contributed by atoms with Crippen LogP contribution in [-0.4, -0.2) is 11.2 Å². The summed E-state index contributed by atoms with van der Waals surface area (Å²) in [4.78, 5) is 11.4. The van der Waals surface area contributed by atoms with Gasteiger partial charge in [0.25, 0.3) is 5.69 Å². The molecule has 5 heteroatoms. The van der Waals surface area contributed by atoms with E-state index in [9.17, 15) is 10.1 Å². The Kier molecular flexibility index (Phi) is 4.90. The summed E-state index contributed by atoms with van der Waals surface area (Å²) < 4.78 is 2.07. The number of allylic oxidation sites excluding steroid dienone is 1. The third-order valence-corrected chi connectivity index (χ3v) is 3.57. The van der Waals surface area contributed by atoms with Crippen molar-refractivity contribution in [1.82, 2.24) is 0 Å². The molecule has 0 spiro atoms. The SMILES string of the molecule is CSc1cc[n+](C/C=C/c2ccc([N+](=O)[O-])cc2)cc1. The Morgan fingerprint density at radius 2 is 1.85 bits per heavy atom. The number of aromatic nitrogens is 1.